The minimum absolute atomic E-state index is 0.140. The second kappa shape index (κ2) is 9.84. The van der Waals surface area contributed by atoms with Crippen LogP contribution in [0.3, 0.4) is 0 Å². The molecule has 1 aliphatic heterocycles. The van der Waals surface area contributed by atoms with Gasteiger partial charge in [-0.1, -0.05) is 66.7 Å². The molecule has 200 valence electrons. The summed E-state index contributed by atoms with van der Waals surface area (Å²) in [4.78, 5) is 36.5. The van der Waals surface area contributed by atoms with Crippen LogP contribution in [0.25, 0.3) is 21.2 Å². The lowest BCUT2D eigenvalue weighted by Crippen LogP contribution is -2.36. The number of aliphatic hydroxyl groups is 1. The minimum Gasteiger partial charge on any atom is -0.378 e. The van der Waals surface area contributed by atoms with Crippen molar-refractivity contribution in [1.29, 1.82) is 0 Å². The smallest absolute Gasteiger partial charge is 0.256 e. The molecular weight excluding hydrogens is 518 g/mol. The van der Waals surface area contributed by atoms with Gasteiger partial charge >= 0.3 is 0 Å². The van der Waals surface area contributed by atoms with E-state index in [0.717, 1.165) is 40.9 Å². The molecule has 7 rings (SSSR count). The predicted molar refractivity (Wildman–Crippen MR) is 157 cm³/mol. The Morgan fingerprint density at radius 2 is 1.82 bits per heavy atom. The lowest BCUT2D eigenvalue weighted by atomic mass is 9.94. The van der Waals surface area contributed by atoms with E-state index < -0.39 is 12.0 Å². The number of aliphatic hydroxyl groups excluding tert-OH is 1. The maximum Gasteiger partial charge on any atom is 0.256 e. The Hall–Kier alpha value is -4.07. The quantitative estimate of drug-likeness (QED) is 0.294. The van der Waals surface area contributed by atoms with Gasteiger partial charge in [0.25, 0.3) is 11.5 Å². The first-order valence-electron chi connectivity index (χ1n) is 13.7. The summed E-state index contributed by atoms with van der Waals surface area (Å²) in [6.07, 6.45) is 1.90. The molecule has 1 atom stereocenters. The van der Waals surface area contributed by atoms with Gasteiger partial charge in [-0.2, -0.15) is 0 Å². The first-order valence-corrected chi connectivity index (χ1v) is 14.6. The van der Waals surface area contributed by atoms with Crippen LogP contribution in [0.15, 0.2) is 89.0 Å². The average molecular weight is 548 g/mol. The molecule has 3 heterocycles. The third-order valence-corrected chi connectivity index (χ3v) is 9.32. The van der Waals surface area contributed by atoms with Gasteiger partial charge in [-0.15, -0.1) is 11.3 Å². The van der Waals surface area contributed by atoms with Crippen LogP contribution in [0.5, 0.6) is 0 Å². The molecule has 2 aromatic heterocycles. The molecule has 7 heteroatoms. The number of carbonyl (C=O) groups excluding carboxylic acids is 1. The zero-order valence-corrected chi connectivity index (χ0v) is 22.8. The molecule has 5 aromatic rings. The first kappa shape index (κ1) is 24.9. The van der Waals surface area contributed by atoms with E-state index in [2.05, 4.69) is 34.6 Å². The fourth-order valence-corrected chi connectivity index (χ4v) is 6.94. The summed E-state index contributed by atoms with van der Waals surface area (Å²) < 4.78 is 1.20. The molecular formula is C33H29N3O3S. The normalized spacial score (nSPS) is 16.8. The highest BCUT2D eigenvalue weighted by Gasteiger charge is 2.48. The lowest BCUT2D eigenvalue weighted by Gasteiger charge is -2.24. The number of carbonyl (C=O) groups is 1. The standard InChI is InChI=1S/C33H29N3O3S/c37-29(22-9-6-8-21(18-22)26-20-40-28-14-5-4-12-24(26)28)31(39)36-17-7-13-27-25(19-36)30(38)35-32(34-27)33(15-16-33)23-10-2-1-3-11-23/h1-6,8-12,14,18,20,29,37H,7,13,15-17,19H2,(H,34,35,38)/t29-/m1/s1. The number of aromatic nitrogens is 2. The van der Waals surface area contributed by atoms with Gasteiger partial charge in [-0.3, -0.25) is 9.59 Å². The van der Waals surface area contributed by atoms with Crippen molar-refractivity contribution < 1.29 is 9.90 Å². The van der Waals surface area contributed by atoms with Gasteiger partial charge in [0.15, 0.2) is 6.10 Å². The molecule has 0 unspecified atom stereocenters. The number of aromatic amines is 1. The van der Waals surface area contributed by atoms with Crippen LogP contribution in [-0.4, -0.2) is 32.4 Å². The summed E-state index contributed by atoms with van der Waals surface area (Å²) in [5.74, 6) is 0.326. The summed E-state index contributed by atoms with van der Waals surface area (Å²) >= 11 is 1.68. The first-order chi connectivity index (χ1) is 19.5. The maximum absolute atomic E-state index is 13.5. The van der Waals surface area contributed by atoms with Crippen molar-refractivity contribution in [3.05, 3.63) is 123 Å². The number of fused-ring (bicyclic) bond motifs is 2. The Morgan fingerprint density at radius 3 is 2.65 bits per heavy atom. The highest BCUT2D eigenvalue weighted by molar-refractivity contribution is 7.17. The molecule has 0 bridgehead atoms. The maximum atomic E-state index is 13.5. The van der Waals surface area contributed by atoms with Crippen LogP contribution in [0.1, 0.15) is 53.6 Å². The molecule has 2 aliphatic rings. The predicted octanol–water partition coefficient (Wildman–Crippen LogP) is 5.74. The zero-order chi connectivity index (χ0) is 27.3. The van der Waals surface area contributed by atoms with Crippen LogP contribution in [0, 0.1) is 0 Å². The van der Waals surface area contributed by atoms with E-state index in [1.54, 1.807) is 22.3 Å². The van der Waals surface area contributed by atoms with Crippen LogP contribution in [0.2, 0.25) is 0 Å². The van der Waals surface area contributed by atoms with Crippen molar-refractivity contribution in [2.45, 2.75) is 43.7 Å². The summed E-state index contributed by atoms with van der Waals surface area (Å²) in [6, 6.07) is 26.0. The van der Waals surface area contributed by atoms with Crippen molar-refractivity contribution in [3.63, 3.8) is 0 Å². The van der Waals surface area contributed by atoms with Gasteiger partial charge in [0, 0.05) is 22.2 Å². The fraction of sp³-hybridized carbons (Fsp3) is 0.242. The molecule has 1 amide bonds. The number of hydrogen-bond donors (Lipinski definition) is 2. The molecule has 1 aliphatic carbocycles. The van der Waals surface area contributed by atoms with Crippen molar-refractivity contribution in [3.8, 4) is 11.1 Å². The largest absolute Gasteiger partial charge is 0.378 e. The van der Waals surface area contributed by atoms with Crippen molar-refractivity contribution in [2.24, 2.45) is 0 Å². The Kier molecular flexibility index (Phi) is 6.13. The number of nitrogens with zero attached hydrogens (tertiary/aromatic N) is 2. The highest BCUT2D eigenvalue weighted by Crippen LogP contribution is 2.52. The summed E-state index contributed by atoms with van der Waals surface area (Å²) in [7, 11) is 0. The van der Waals surface area contributed by atoms with Crippen LogP contribution < -0.4 is 5.56 Å². The van der Waals surface area contributed by atoms with Gasteiger partial charge in [0.1, 0.15) is 5.82 Å². The van der Waals surface area contributed by atoms with Crippen LogP contribution in [-0.2, 0) is 23.2 Å². The van der Waals surface area contributed by atoms with E-state index in [1.165, 1.54) is 10.3 Å². The topological polar surface area (TPSA) is 86.3 Å². The molecule has 0 saturated heterocycles. The Bertz CT molecular complexity index is 1790. The number of benzene rings is 3. The van der Waals surface area contributed by atoms with Crippen molar-refractivity contribution in [2.75, 3.05) is 6.54 Å². The molecule has 0 radical (unpaired) electrons. The molecule has 1 fully saturated rings. The second-order valence-corrected chi connectivity index (χ2v) is 11.7. The summed E-state index contributed by atoms with van der Waals surface area (Å²) in [6.45, 7) is 0.598. The molecule has 2 N–H and O–H groups in total. The monoisotopic (exact) mass is 547 g/mol. The number of amides is 1. The molecule has 6 nitrogen and oxygen atoms in total. The summed E-state index contributed by atoms with van der Waals surface area (Å²) in [5.41, 5.74) is 4.62. The third kappa shape index (κ3) is 4.26. The number of H-pyrrole nitrogens is 1. The van der Waals surface area contributed by atoms with E-state index in [1.807, 2.05) is 48.5 Å². The Balaban J connectivity index is 1.15. The van der Waals surface area contributed by atoms with Gasteiger partial charge in [-0.25, -0.2) is 4.98 Å². The van der Waals surface area contributed by atoms with E-state index in [0.29, 0.717) is 30.5 Å². The number of rotatable bonds is 5. The minimum atomic E-state index is -1.31. The van der Waals surface area contributed by atoms with E-state index in [4.69, 9.17) is 4.98 Å². The van der Waals surface area contributed by atoms with Crippen LogP contribution >= 0.6 is 11.3 Å². The molecule has 0 spiro atoms. The molecule has 3 aromatic carbocycles. The Morgan fingerprint density at radius 1 is 1.02 bits per heavy atom. The lowest BCUT2D eigenvalue weighted by molar-refractivity contribution is -0.141. The highest BCUT2D eigenvalue weighted by atomic mass is 32.1. The molecule has 40 heavy (non-hydrogen) atoms. The van der Waals surface area contributed by atoms with Crippen molar-refractivity contribution in [1.82, 2.24) is 14.9 Å². The summed E-state index contributed by atoms with van der Waals surface area (Å²) in [5, 5.41) is 14.4. The SMILES string of the molecule is O=C([C@H](O)c1cccc(-c2csc3ccccc23)c1)N1CCCc2nc(C3(c4ccccc4)CC3)[nH]c(=O)c2C1. The van der Waals surface area contributed by atoms with E-state index in [-0.39, 0.29) is 17.5 Å². The van der Waals surface area contributed by atoms with Gasteiger partial charge in [-0.05, 0) is 59.9 Å². The van der Waals surface area contributed by atoms with E-state index in [9.17, 15) is 14.7 Å². The van der Waals surface area contributed by atoms with Gasteiger partial charge in [0.2, 0.25) is 0 Å². The number of hydrogen-bond acceptors (Lipinski definition) is 5. The second-order valence-electron chi connectivity index (χ2n) is 10.8. The third-order valence-electron chi connectivity index (χ3n) is 8.36. The van der Waals surface area contributed by atoms with Gasteiger partial charge in [0.05, 0.1) is 23.2 Å². The number of aryl methyl sites for hydroxylation is 1. The number of nitrogens with one attached hydrogen (secondary N) is 1. The number of thiophene rings is 1. The zero-order valence-electron chi connectivity index (χ0n) is 22.0. The van der Waals surface area contributed by atoms with E-state index >= 15 is 0 Å². The molecule has 1 saturated carbocycles. The fourth-order valence-electron chi connectivity index (χ4n) is 5.97. The average Bonchev–Trinajstić information content (AvgIpc) is 3.74. The van der Waals surface area contributed by atoms with Crippen LogP contribution in [0.4, 0.5) is 0 Å². The van der Waals surface area contributed by atoms with Crippen molar-refractivity contribution >= 4 is 27.3 Å². The Labute approximate surface area is 236 Å². The van der Waals surface area contributed by atoms with Gasteiger partial charge < -0.3 is 15.0 Å².